The van der Waals surface area contributed by atoms with E-state index >= 15 is 0 Å². The minimum Gasteiger partial charge on any atom is -0.298 e. The van der Waals surface area contributed by atoms with Crippen LogP contribution >= 0.6 is 0 Å². The molecular weight excluding hydrogens is 186 g/mol. The number of H-pyrrole nitrogens is 1. The van der Waals surface area contributed by atoms with E-state index in [1.807, 2.05) is 11.9 Å². The van der Waals surface area contributed by atoms with E-state index in [2.05, 4.69) is 5.18 Å². The van der Waals surface area contributed by atoms with Gasteiger partial charge in [-0.05, 0) is 11.6 Å². The maximum atomic E-state index is 11.2. The van der Waals surface area contributed by atoms with Crippen molar-refractivity contribution < 1.29 is 0 Å². The summed E-state index contributed by atoms with van der Waals surface area (Å²) in [6.45, 7) is 2.46. The van der Waals surface area contributed by atoms with Gasteiger partial charge in [0, 0.05) is 12.7 Å². The van der Waals surface area contributed by atoms with Gasteiger partial charge in [0.2, 0.25) is 0 Å². The van der Waals surface area contributed by atoms with E-state index in [-0.39, 0.29) is 5.69 Å². The molecule has 0 saturated carbocycles. The third kappa shape index (κ3) is 2.15. The normalized spacial score (nSPS) is 10.1. The van der Waals surface area contributed by atoms with Crippen LogP contribution in [0.3, 0.4) is 0 Å². The maximum Gasteiger partial charge on any atom is 0.328 e. The van der Waals surface area contributed by atoms with Crippen molar-refractivity contribution >= 4 is 5.69 Å². The number of nitrogens with zero attached hydrogens (tertiary/aromatic N) is 2. The van der Waals surface area contributed by atoms with Crippen LogP contribution in [0.5, 0.6) is 0 Å². The second kappa shape index (κ2) is 4.50. The molecule has 0 bridgehead atoms. The molecule has 0 saturated heterocycles. The first kappa shape index (κ1) is 10.4. The molecule has 0 aliphatic heterocycles. The smallest absolute Gasteiger partial charge is 0.298 e. The minimum atomic E-state index is -0.738. The fraction of sp³-hybridized carbons (Fsp3) is 0.500. The minimum absolute atomic E-state index is 0.263. The number of nitrogens with one attached hydrogen (secondary N) is 1. The standard InChI is InChI=1S/C8H11N3O3/c1-2-3-4-11-5-6(10-14)7(12)9-8(11)13/h5H,2-4H2,1H3,(H,9,12,13). The molecule has 1 aromatic heterocycles. The third-order valence-corrected chi connectivity index (χ3v) is 1.84. The van der Waals surface area contributed by atoms with Crippen molar-refractivity contribution in [2.45, 2.75) is 26.3 Å². The number of hydrogen-bond acceptors (Lipinski definition) is 4. The van der Waals surface area contributed by atoms with Crippen LogP contribution in [-0.4, -0.2) is 9.55 Å². The van der Waals surface area contributed by atoms with Crippen LogP contribution in [0.2, 0.25) is 0 Å². The number of aromatic amines is 1. The van der Waals surface area contributed by atoms with Crippen LogP contribution in [0.1, 0.15) is 19.8 Å². The van der Waals surface area contributed by atoms with Gasteiger partial charge in [-0.1, -0.05) is 13.3 Å². The largest absolute Gasteiger partial charge is 0.328 e. The van der Waals surface area contributed by atoms with E-state index in [0.29, 0.717) is 6.54 Å². The van der Waals surface area contributed by atoms with Crippen molar-refractivity contribution in [1.29, 1.82) is 0 Å². The molecule has 76 valence electrons. The number of aryl methyl sites for hydroxylation is 1. The predicted octanol–water partition coefficient (Wildman–Crippen LogP) is 0.735. The summed E-state index contributed by atoms with van der Waals surface area (Å²) >= 11 is 0. The quantitative estimate of drug-likeness (QED) is 0.722. The van der Waals surface area contributed by atoms with E-state index < -0.39 is 11.2 Å². The molecule has 1 heterocycles. The van der Waals surface area contributed by atoms with Gasteiger partial charge >= 0.3 is 5.69 Å². The molecule has 0 spiro atoms. The number of unbranched alkanes of at least 4 members (excludes halogenated alkanes) is 1. The highest BCUT2D eigenvalue weighted by molar-refractivity contribution is 5.28. The molecular formula is C8H11N3O3. The van der Waals surface area contributed by atoms with E-state index in [0.717, 1.165) is 12.8 Å². The average Bonchev–Trinajstić information content (AvgIpc) is 2.17. The van der Waals surface area contributed by atoms with Gasteiger partial charge in [0.25, 0.3) is 5.56 Å². The zero-order valence-electron chi connectivity index (χ0n) is 7.82. The Morgan fingerprint density at radius 2 is 2.21 bits per heavy atom. The van der Waals surface area contributed by atoms with Gasteiger partial charge < -0.3 is 0 Å². The molecule has 0 radical (unpaired) electrons. The Balaban J connectivity index is 3.11. The average molecular weight is 197 g/mol. The SMILES string of the molecule is CCCCn1cc(N=O)c(=O)[nH]c1=O. The van der Waals surface area contributed by atoms with Crippen LogP contribution in [0, 0.1) is 4.91 Å². The Hall–Kier alpha value is -1.72. The Morgan fingerprint density at radius 1 is 1.50 bits per heavy atom. The van der Waals surface area contributed by atoms with Crippen molar-refractivity contribution in [3.8, 4) is 0 Å². The highest BCUT2D eigenvalue weighted by Gasteiger charge is 2.03. The molecule has 0 aliphatic rings. The van der Waals surface area contributed by atoms with E-state index in [1.165, 1.54) is 10.8 Å². The van der Waals surface area contributed by atoms with Crippen molar-refractivity contribution in [2.75, 3.05) is 0 Å². The molecule has 0 aromatic carbocycles. The molecule has 6 heteroatoms. The Labute approximate surface area is 79.6 Å². The molecule has 1 N–H and O–H groups in total. The molecule has 0 fully saturated rings. The lowest BCUT2D eigenvalue weighted by atomic mass is 10.3. The number of hydrogen-bond donors (Lipinski definition) is 1. The summed E-state index contributed by atoms with van der Waals surface area (Å²) in [5.74, 6) is 0. The Kier molecular flexibility index (Phi) is 3.33. The van der Waals surface area contributed by atoms with Gasteiger partial charge in [-0.15, -0.1) is 4.91 Å². The van der Waals surface area contributed by atoms with Gasteiger partial charge in [0.05, 0.1) is 0 Å². The van der Waals surface area contributed by atoms with Crippen molar-refractivity contribution in [3.63, 3.8) is 0 Å². The lowest BCUT2D eigenvalue weighted by Crippen LogP contribution is -2.29. The number of rotatable bonds is 4. The lowest BCUT2D eigenvalue weighted by Gasteiger charge is -2.02. The summed E-state index contributed by atoms with van der Waals surface area (Å²) in [4.78, 5) is 34.3. The fourth-order valence-corrected chi connectivity index (χ4v) is 1.06. The first-order chi connectivity index (χ1) is 6.69. The predicted molar refractivity (Wildman–Crippen MR) is 51.7 cm³/mol. The molecule has 1 rings (SSSR count). The first-order valence-electron chi connectivity index (χ1n) is 4.36. The highest BCUT2D eigenvalue weighted by Crippen LogP contribution is 2.00. The molecule has 0 unspecified atom stereocenters. The molecule has 0 aliphatic carbocycles. The first-order valence-corrected chi connectivity index (χ1v) is 4.36. The van der Waals surface area contributed by atoms with Crippen LogP contribution < -0.4 is 11.2 Å². The van der Waals surface area contributed by atoms with E-state index in [1.54, 1.807) is 0 Å². The van der Waals surface area contributed by atoms with Gasteiger partial charge in [0.1, 0.15) is 0 Å². The van der Waals surface area contributed by atoms with Crippen LogP contribution in [0.25, 0.3) is 0 Å². The molecule has 1 aromatic rings. The molecule has 0 amide bonds. The van der Waals surface area contributed by atoms with Crippen LogP contribution in [0.4, 0.5) is 5.69 Å². The molecule has 14 heavy (non-hydrogen) atoms. The third-order valence-electron chi connectivity index (χ3n) is 1.84. The number of aromatic nitrogens is 2. The van der Waals surface area contributed by atoms with Gasteiger partial charge in [-0.25, -0.2) is 4.79 Å². The van der Waals surface area contributed by atoms with Crippen molar-refractivity contribution in [2.24, 2.45) is 5.18 Å². The zero-order chi connectivity index (χ0) is 10.6. The van der Waals surface area contributed by atoms with E-state index in [4.69, 9.17) is 0 Å². The summed E-state index contributed by atoms with van der Waals surface area (Å²) in [6.07, 6.45) is 2.92. The summed E-state index contributed by atoms with van der Waals surface area (Å²) in [5, 5.41) is 2.53. The van der Waals surface area contributed by atoms with Crippen LogP contribution in [-0.2, 0) is 6.54 Å². The molecule has 6 nitrogen and oxygen atoms in total. The Morgan fingerprint density at radius 3 is 2.79 bits per heavy atom. The molecule has 0 atom stereocenters. The zero-order valence-corrected chi connectivity index (χ0v) is 7.82. The summed E-state index contributed by atoms with van der Waals surface area (Å²) in [7, 11) is 0. The van der Waals surface area contributed by atoms with Gasteiger partial charge in [-0.2, -0.15) is 0 Å². The van der Waals surface area contributed by atoms with Crippen LogP contribution in [0.15, 0.2) is 21.0 Å². The van der Waals surface area contributed by atoms with E-state index in [9.17, 15) is 14.5 Å². The maximum absolute atomic E-state index is 11.2. The Bertz CT molecular complexity index is 432. The van der Waals surface area contributed by atoms with Crippen molar-refractivity contribution in [1.82, 2.24) is 9.55 Å². The lowest BCUT2D eigenvalue weighted by molar-refractivity contribution is 0.597. The van der Waals surface area contributed by atoms with Gasteiger partial charge in [0.15, 0.2) is 5.69 Å². The van der Waals surface area contributed by atoms with Crippen molar-refractivity contribution in [3.05, 3.63) is 31.9 Å². The second-order valence-corrected chi connectivity index (χ2v) is 2.91. The van der Waals surface area contributed by atoms with Gasteiger partial charge in [-0.3, -0.25) is 14.3 Å². The topological polar surface area (TPSA) is 84.3 Å². The second-order valence-electron chi connectivity index (χ2n) is 2.91. The summed E-state index contributed by atoms with van der Waals surface area (Å²) in [5.41, 5.74) is -1.51. The summed E-state index contributed by atoms with van der Waals surface area (Å²) in [6, 6.07) is 0. The number of nitroso groups, excluding NO2 is 1. The highest BCUT2D eigenvalue weighted by atomic mass is 16.3. The summed E-state index contributed by atoms with van der Waals surface area (Å²) < 4.78 is 1.28. The fourth-order valence-electron chi connectivity index (χ4n) is 1.06. The monoisotopic (exact) mass is 197 g/mol.